The van der Waals surface area contributed by atoms with Crippen molar-refractivity contribution in [3.8, 4) is 0 Å². The second-order valence-electron chi connectivity index (χ2n) is 8.35. The summed E-state index contributed by atoms with van der Waals surface area (Å²) >= 11 is 0. The van der Waals surface area contributed by atoms with E-state index in [0.717, 1.165) is 31.2 Å². The Kier molecular flexibility index (Phi) is 7.42. The number of carbonyl (C=O) groups excluding carboxylic acids is 1. The van der Waals surface area contributed by atoms with Crippen molar-refractivity contribution < 1.29 is 22.5 Å². The molecule has 0 bridgehead atoms. The molecule has 1 aliphatic rings. The van der Waals surface area contributed by atoms with Gasteiger partial charge in [0.1, 0.15) is 11.9 Å². The van der Waals surface area contributed by atoms with Crippen LogP contribution in [0.15, 0.2) is 24.3 Å². The average Bonchev–Trinajstić information content (AvgIpc) is 2.58. The van der Waals surface area contributed by atoms with Crippen molar-refractivity contribution in [2.24, 2.45) is 0 Å². The van der Waals surface area contributed by atoms with Crippen LogP contribution in [0, 0.1) is 0 Å². The van der Waals surface area contributed by atoms with Gasteiger partial charge in [-0.2, -0.15) is 8.42 Å². The summed E-state index contributed by atoms with van der Waals surface area (Å²) in [4.78, 5) is 12.4. The number of nitrogens with one attached hydrogen (secondary N) is 1. The van der Waals surface area contributed by atoms with Gasteiger partial charge in [0.25, 0.3) is 10.1 Å². The van der Waals surface area contributed by atoms with E-state index < -0.39 is 27.9 Å². The Balaban J connectivity index is 2.00. The summed E-state index contributed by atoms with van der Waals surface area (Å²) < 4.78 is 37.2. The summed E-state index contributed by atoms with van der Waals surface area (Å²) in [6.07, 6.45) is 4.62. The molecule has 0 aliphatic heterocycles. The molecule has 0 aromatic heterocycles. The van der Waals surface area contributed by atoms with Crippen molar-refractivity contribution in [2.75, 3.05) is 12.3 Å². The first-order valence-corrected chi connectivity index (χ1v) is 11.2. The number of hydrogen-bond acceptors (Lipinski definition) is 5. The summed E-state index contributed by atoms with van der Waals surface area (Å²) in [5.41, 5.74) is 1.42. The summed E-state index contributed by atoms with van der Waals surface area (Å²) in [7, 11) is -4.25. The van der Waals surface area contributed by atoms with Crippen LogP contribution in [-0.4, -0.2) is 43.4 Å². The molecule has 7 heteroatoms. The van der Waals surface area contributed by atoms with Crippen LogP contribution >= 0.6 is 0 Å². The summed E-state index contributed by atoms with van der Waals surface area (Å²) in [6.45, 7) is 6.45. The summed E-state index contributed by atoms with van der Waals surface area (Å²) in [5, 5.41) is 3.28. The SMILES string of the molecule is CC(C)(C)c1ccc(C(=O)OC(CNC2CCCCC2)CS(=O)(=O)O)cc1. The lowest BCUT2D eigenvalue weighted by Gasteiger charge is -2.25. The van der Waals surface area contributed by atoms with E-state index in [1.54, 1.807) is 12.1 Å². The molecule has 1 aromatic carbocycles. The number of benzene rings is 1. The van der Waals surface area contributed by atoms with Crippen LogP contribution in [0.4, 0.5) is 0 Å². The van der Waals surface area contributed by atoms with E-state index in [1.807, 2.05) is 12.1 Å². The van der Waals surface area contributed by atoms with Gasteiger partial charge < -0.3 is 10.1 Å². The molecule has 1 aromatic rings. The Morgan fingerprint density at radius 1 is 1.19 bits per heavy atom. The van der Waals surface area contributed by atoms with Gasteiger partial charge >= 0.3 is 5.97 Å². The Morgan fingerprint density at radius 2 is 1.78 bits per heavy atom. The second-order valence-corrected chi connectivity index (χ2v) is 9.84. The largest absolute Gasteiger partial charge is 0.456 e. The van der Waals surface area contributed by atoms with Gasteiger partial charge in [-0.15, -0.1) is 0 Å². The molecule has 0 spiro atoms. The number of rotatable bonds is 7. The van der Waals surface area contributed by atoms with Crippen molar-refractivity contribution in [1.82, 2.24) is 5.32 Å². The minimum atomic E-state index is -4.25. The molecule has 1 unspecified atom stereocenters. The molecule has 2 rings (SSSR count). The molecule has 152 valence electrons. The molecule has 1 aliphatic carbocycles. The normalized spacial score (nSPS) is 17.5. The van der Waals surface area contributed by atoms with E-state index in [0.29, 0.717) is 11.6 Å². The highest BCUT2D eigenvalue weighted by atomic mass is 32.2. The van der Waals surface area contributed by atoms with Crippen LogP contribution < -0.4 is 5.32 Å². The monoisotopic (exact) mass is 397 g/mol. The maximum Gasteiger partial charge on any atom is 0.338 e. The molecule has 1 saturated carbocycles. The Labute approximate surface area is 162 Å². The highest BCUT2D eigenvalue weighted by Crippen LogP contribution is 2.22. The van der Waals surface area contributed by atoms with Crippen LogP contribution in [-0.2, 0) is 20.3 Å². The van der Waals surface area contributed by atoms with Gasteiger partial charge in [0, 0.05) is 12.6 Å². The molecule has 2 N–H and O–H groups in total. The molecule has 1 fully saturated rings. The molecular formula is C20H31NO5S. The van der Waals surface area contributed by atoms with E-state index in [9.17, 15) is 17.8 Å². The van der Waals surface area contributed by atoms with Crippen LogP contribution in [0.1, 0.15) is 68.8 Å². The minimum absolute atomic E-state index is 0.0279. The van der Waals surface area contributed by atoms with E-state index in [1.165, 1.54) is 6.42 Å². The first-order chi connectivity index (χ1) is 12.5. The highest BCUT2D eigenvalue weighted by Gasteiger charge is 2.24. The Bertz CT molecular complexity index is 716. The highest BCUT2D eigenvalue weighted by molar-refractivity contribution is 7.85. The number of ether oxygens (including phenoxy) is 1. The Hall–Kier alpha value is -1.44. The zero-order valence-electron chi connectivity index (χ0n) is 16.4. The lowest BCUT2D eigenvalue weighted by molar-refractivity contribution is 0.0338. The van der Waals surface area contributed by atoms with Crippen molar-refractivity contribution >= 4 is 16.1 Å². The van der Waals surface area contributed by atoms with Gasteiger partial charge in [-0.25, -0.2) is 4.79 Å². The second kappa shape index (κ2) is 9.17. The predicted molar refractivity (Wildman–Crippen MR) is 106 cm³/mol. The maximum atomic E-state index is 12.4. The first-order valence-electron chi connectivity index (χ1n) is 9.55. The van der Waals surface area contributed by atoms with Crippen LogP contribution in [0.25, 0.3) is 0 Å². The summed E-state index contributed by atoms with van der Waals surface area (Å²) in [5.74, 6) is -1.20. The average molecular weight is 398 g/mol. The molecule has 0 saturated heterocycles. The lowest BCUT2D eigenvalue weighted by Crippen LogP contribution is -2.41. The van der Waals surface area contributed by atoms with Crippen molar-refractivity contribution in [3.63, 3.8) is 0 Å². The van der Waals surface area contributed by atoms with Gasteiger partial charge in [0.2, 0.25) is 0 Å². The van der Waals surface area contributed by atoms with E-state index in [-0.39, 0.29) is 12.0 Å². The molecule has 1 atom stereocenters. The van der Waals surface area contributed by atoms with E-state index >= 15 is 0 Å². The van der Waals surface area contributed by atoms with Gasteiger partial charge in [-0.3, -0.25) is 4.55 Å². The third-order valence-corrected chi connectivity index (χ3v) is 5.69. The maximum absolute atomic E-state index is 12.4. The van der Waals surface area contributed by atoms with Crippen LogP contribution in [0.5, 0.6) is 0 Å². The van der Waals surface area contributed by atoms with Crippen molar-refractivity contribution in [3.05, 3.63) is 35.4 Å². The number of carbonyl (C=O) groups is 1. The molecule has 0 amide bonds. The van der Waals surface area contributed by atoms with E-state index in [4.69, 9.17) is 4.74 Å². The zero-order valence-corrected chi connectivity index (χ0v) is 17.2. The third-order valence-electron chi connectivity index (χ3n) is 4.90. The number of hydrogen-bond donors (Lipinski definition) is 2. The smallest absolute Gasteiger partial charge is 0.338 e. The van der Waals surface area contributed by atoms with Gasteiger partial charge in [0.15, 0.2) is 0 Å². The van der Waals surface area contributed by atoms with Crippen molar-refractivity contribution in [1.29, 1.82) is 0 Å². The summed E-state index contributed by atoms with van der Waals surface area (Å²) in [6, 6.07) is 7.40. The third kappa shape index (κ3) is 7.60. The van der Waals surface area contributed by atoms with Gasteiger partial charge in [-0.1, -0.05) is 52.2 Å². The van der Waals surface area contributed by atoms with Gasteiger partial charge in [0.05, 0.1) is 5.56 Å². The minimum Gasteiger partial charge on any atom is -0.456 e. The quantitative estimate of drug-likeness (QED) is 0.542. The molecule has 6 nitrogen and oxygen atoms in total. The predicted octanol–water partition coefficient (Wildman–Crippen LogP) is 3.32. The first kappa shape index (κ1) is 21.9. The number of esters is 1. The molecule has 0 radical (unpaired) electrons. The van der Waals surface area contributed by atoms with Crippen LogP contribution in [0.2, 0.25) is 0 Å². The topological polar surface area (TPSA) is 92.7 Å². The van der Waals surface area contributed by atoms with Gasteiger partial charge in [-0.05, 0) is 36.0 Å². The molecule has 27 heavy (non-hydrogen) atoms. The standard InChI is InChI=1S/C20H31NO5S/c1-20(2,3)16-11-9-15(10-12-16)19(22)26-18(14-27(23,24)25)13-21-17-7-5-4-6-8-17/h9-12,17-18,21H,4-8,13-14H2,1-3H3,(H,23,24,25). The molecule has 0 heterocycles. The van der Waals surface area contributed by atoms with Crippen molar-refractivity contribution in [2.45, 2.75) is 70.4 Å². The fraction of sp³-hybridized carbons (Fsp3) is 0.650. The zero-order chi connectivity index (χ0) is 20.1. The lowest BCUT2D eigenvalue weighted by atomic mass is 9.87. The van der Waals surface area contributed by atoms with Crippen LogP contribution in [0.3, 0.4) is 0 Å². The fourth-order valence-electron chi connectivity index (χ4n) is 3.30. The Morgan fingerprint density at radius 3 is 2.30 bits per heavy atom. The molecular weight excluding hydrogens is 366 g/mol. The fourth-order valence-corrected chi connectivity index (χ4v) is 3.96. The van der Waals surface area contributed by atoms with E-state index in [2.05, 4.69) is 26.1 Å².